The molecule has 0 unspecified atom stereocenters. The van der Waals surface area contributed by atoms with Gasteiger partial charge >= 0.3 is 5.97 Å². The van der Waals surface area contributed by atoms with E-state index in [4.69, 9.17) is 40.5 Å². The van der Waals surface area contributed by atoms with Crippen LogP contribution < -0.4 is 0 Å². The first-order chi connectivity index (χ1) is 9.81. The normalized spacial score (nSPS) is 18.4. The van der Waals surface area contributed by atoms with E-state index < -0.39 is 17.9 Å². The number of amides is 1. The zero-order valence-electron chi connectivity index (χ0n) is 10.7. The Labute approximate surface area is 140 Å². The van der Waals surface area contributed by atoms with Crippen LogP contribution in [0.5, 0.6) is 0 Å². The molecule has 1 saturated heterocycles. The molecule has 0 aliphatic carbocycles. The molecule has 1 atom stereocenters. The highest BCUT2D eigenvalue weighted by Gasteiger charge is 2.38. The Kier molecular flexibility index (Phi) is 4.93. The van der Waals surface area contributed by atoms with Gasteiger partial charge in [0.15, 0.2) is 0 Å². The lowest BCUT2D eigenvalue weighted by atomic mass is 10.2. The summed E-state index contributed by atoms with van der Waals surface area (Å²) in [4.78, 5) is 24.7. The Morgan fingerprint density at radius 1 is 1.48 bits per heavy atom. The molecule has 1 aromatic carbocycles. The molecule has 21 heavy (non-hydrogen) atoms. The van der Waals surface area contributed by atoms with E-state index in [0.29, 0.717) is 20.5 Å². The van der Waals surface area contributed by atoms with Crippen molar-refractivity contribution in [2.45, 2.75) is 13.0 Å². The highest BCUT2D eigenvalue weighted by Crippen LogP contribution is 2.35. The molecule has 2 rings (SSSR count). The van der Waals surface area contributed by atoms with Gasteiger partial charge in [0, 0.05) is 10.0 Å². The number of rotatable bonds is 3. The first-order valence-corrected chi connectivity index (χ1v) is 7.74. The van der Waals surface area contributed by atoms with Crippen molar-refractivity contribution < 1.29 is 14.7 Å². The molecule has 1 N–H and O–H groups in total. The monoisotopic (exact) mass is 361 g/mol. The van der Waals surface area contributed by atoms with Crippen molar-refractivity contribution in [3.8, 4) is 0 Å². The van der Waals surface area contributed by atoms with Gasteiger partial charge in [-0.3, -0.25) is 9.69 Å². The van der Waals surface area contributed by atoms with Crippen LogP contribution in [0.3, 0.4) is 0 Å². The molecular weight excluding hydrogens is 353 g/mol. The van der Waals surface area contributed by atoms with E-state index >= 15 is 0 Å². The van der Waals surface area contributed by atoms with Crippen LogP contribution in [0, 0.1) is 0 Å². The van der Waals surface area contributed by atoms with Gasteiger partial charge in [-0.1, -0.05) is 53.2 Å². The van der Waals surface area contributed by atoms with Crippen molar-refractivity contribution >= 4 is 69.5 Å². The van der Waals surface area contributed by atoms with Crippen LogP contribution in [-0.4, -0.2) is 32.2 Å². The second-order valence-corrected chi connectivity index (χ2v) is 6.75. The predicted octanol–water partition coefficient (Wildman–Crippen LogP) is 3.67. The number of thioether (sulfide) groups is 1. The van der Waals surface area contributed by atoms with Gasteiger partial charge in [-0.2, -0.15) is 0 Å². The first-order valence-electron chi connectivity index (χ1n) is 5.76. The molecule has 0 spiro atoms. The van der Waals surface area contributed by atoms with Crippen LogP contribution in [0.1, 0.15) is 12.5 Å². The molecule has 1 aliphatic heterocycles. The van der Waals surface area contributed by atoms with E-state index in [0.717, 1.165) is 16.7 Å². The lowest BCUT2D eigenvalue weighted by Crippen LogP contribution is -2.41. The number of carbonyl (C=O) groups excluding carboxylic acids is 1. The fraction of sp³-hybridized carbons (Fsp3) is 0.154. The minimum Gasteiger partial charge on any atom is -0.480 e. The van der Waals surface area contributed by atoms with Gasteiger partial charge in [-0.25, -0.2) is 4.79 Å². The van der Waals surface area contributed by atoms with Crippen molar-refractivity contribution in [2.24, 2.45) is 0 Å². The average Bonchev–Trinajstić information content (AvgIpc) is 2.67. The van der Waals surface area contributed by atoms with Gasteiger partial charge in [0.2, 0.25) is 0 Å². The number of aliphatic carboxylic acids is 1. The van der Waals surface area contributed by atoms with E-state index in [2.05, 4.69) is 0 Å². The molecule has 1 heterocycles. The number of carbonyl (C=O) groups is 2. The molecule has 8 heteroatoms. The van der Waals surface area contributed by atoms with Crippen molar-refractivity contribution in [1.29, 1.82) is 0 Å². The maximum absolute atomic E-state index is 12.3. The first kappa shape index (κ1) is 16.3. The molecular formula is C13H9Cl2NO3S2. The SMILES string of the molecule is C[C@@H](C(=O)O)N1C(=O)/C(=C/c2ccc(Cl)cc2Cl)SC1=S. The summed E-state index contributed by atoms with van der Waals surface area (Å²) in [5.74, 6) is -1.55. The third-order valence-corrected chi connectivity index (χ3v) is 4.71. The van der Waals surface area contributed by atoms with E-state index in [-0.39, 0.29) is 4.32 Å². The minimum atomic E-state index is -1.11. The molecule has 110 valence electrons. The molecule has 0 aromatic heterocycles. The summed E-state index contributed by atoms with van der Waals surface area (Å²) in [6.45, 7) is 1.41. The van der Waals surface area contributed by atoms with Crippen LogP contribution in [0.25, 0.3) is 6.08 Å². The Hall–Kier alpha value is -1.08. The summed E-state index contributed by atoms with van der Waals surface area (Å²) >= 11 is 18.0. The molecule has 0 saturated carbocycles. The fourth-order valence-corrected chi connectivity index (χ4v) is 3.56. The Bertz CT molecular complexity index is 675. The lowest BCUT2D eigenvalue weighted by Gasteiger charge is -2.18. The maximum Gasteiger partial charge on any atom is 0.326 e. The van der Waals surface area contributed by atoms with Gasteiger partial charge < -0.3 is 5.11 Å². The summed E-state index contributed by atoms with van der Waals surface area (Å²) in [5.41, 5.74) is 0.615. The molecule has 0 radical (unpaired) electrons. The summed E-state index contributed by atoms with van der Waals surface area (Å²) in [6, 6.07) is 3.89. The van der Waals surface area contributed by atoms with Crippen LogP contribution >= 0.6 is 47.2 Å². The summed E-state index contributed by atoms with van der Waals surface area (Å²) in [7, 11) is 0. The van der Waals surface area contributed by atoms with E-state index in [1.807, 2.05) is 0 Å². The Morgan fingerprint density at radius 3 is 2.71 bits per heavy atom. The second kappa shape index (κ2) is 6.36. The number of hydrogen-bond acceptors (Lipinski definition) is 4. The summed E-state index contributed by atoms with van der Waals surface area (Å²) in [5, 5.41) is 9.90. The zero-order chi connectivity index (χ0) is 15.7. The number of carboxylic acids is 1. The zero-order valence-corrected chi connectivity index (χ0v) is 13.8. The van der Waals surface area contributed by atoms with Gasteiger partial charge in [-0.15, -0.1) is 0 Å². The molecule has 4 nitrogen and oxygen atoms in total. The van der Waals surface area contributed by atoms with E-state index in [1.165, 1.54) is 6.92 Å². The van der Waals surface area contributed by atoms with E-state index in [1.54, 1.807) is 24.3 Å². The second-order valence-electron chi connectivity index (χ2n) is 4.23. The Morgan fingerprint density at radius 2 is 2.14 bits per heavy atom. The highest BCUT2D eigenvalue weighted by molar-refractivity contribution is 8.26. The van der Waals surface area contributed by atoms with Gasteiger partial charge in [0.1, 0.15) is 10.4 Å². The molecule has 1 fully saturated rings. The number of benzene rings is 1. The predicted molar refractivity (Wildman–Crippen MR) is 88.6 cm³/mol. The van der Waals surface area contributed by atoms with Gasteiger partial charge in [0.25, 0.3) is 5.91 Å². The standard InChI is InChI=1S/C13H9Cl2NO3S2/c1-6(12(18)19)16-11(17)10(21-13(16)20)4-7-2-3-8(14)5-9(7)15/h2-6H,1H3,(H,18,19)/b10-4-/t6-/m0/s1. The highest BCUT2D eigenvalue weighted by atomic mass is 35.5. The number of halogens is 2. The third kappa shape index (κ3) is 3.40. The molecule has 0 bridgehead atoms. The topological polar surface area (TPSA) is 57.6 Å². The van der Waals surface area contributed by atoms with Crippen molar-refractivity contribution in [3.05, 3.63) is 38.7 Å². The lowest BCUT2D eigenvalue weighted by molar-refractivity contribution is -0.144. The number of thiocarbonyl (C=S) groups is 1. The fourth-order valence-electron chi connectivity index (χ4n) is 1.68. The van der Waals surface area contributed by atoms with Crippen LogP contribution in [0.15, 0.2) is 23.1 Å². The van der Waals surface area contributed by atoms with Crippen LogP contribution in [0.2, 0.25) is 10.0 Å². The third-order valence-electron chi connectivity index (χ3n) is 2.82. The maximum atomic E-state index is 12.3. The molecule has 1 amide bonds. The minimum absolute atomic E-state index is 0.214. The molecule has 1 aromatic rings. The number of hydrogen-bond donors (Lipinski definition) is 1. The van der Waals surface area contributed by atoms with Crippen LogP contribution in [-0.2, 0) is 9.59 Å². The Balaban J connectivity index is 2.34. The largest absolute Gasteiger partial charge is 0.480 e. The van der Waals surface area contributed by atoms with E-state index in [9.17, 15) is 9.59 Å². The van der Waals surface area contributed by atoms with Gasteiger partial charge in [-0.05, 0) is 30.7 Å². The smallest absolute Gasteiger partial charge is 0.326 e. The summed E-state index contributed by atoms with van der Waals surface area (Å²) < 4.78 is 0.214. The van der Waals surface area contributed by atoms with Gasteiger partial charge in [0.05, 0.1) is 4.91 Å². The van der Waals surface area contributed by atoms with Crippen LogP contribution in [0.4, 0.5) is 0 Å². The van der Waals surface area contributed by atoms with Crippen molar-refractivity contribution in [1.82, 2.24) is 4.90 Å². The quantitative estimate of drug-likeness (QED) is 0.657. The van der Waals surface area contributed by atoms with Crippen molar-refractivity contribution in [2.75, 3.05) is 0 Å². The number of nitrogens with zero attached hydrogens (tertiary/aromatic N) is 1. The summed E-state index contributed by atoms with van der Waals surface area (Å²) in [6.07, 6.45) is 1.58. The average molecular weight is 362 g/mol. The molecule has 1 aliphatic rings. The number of carboxylic acid groups (broad SMARTS) is 1. The van der Waals surface area contributed by atoms with Crippen molar-refractivity contribution in [3.63, 3.8) is 0 Å².